The highest BCUT2D eigenvalue weighted by Gasteiger charge is 2.43. The number of nitrogens with zero attached hydrogens (tertiary/aromatic N) is 10. The Balaban J connectivity index is 0.796. The molecule has 5 aromatic heterocycles. The average Bonchev–Trinajstić information content (AvgIpc) is 4.24. The maximum Gasteiger partial charge on any atom is 0.248 e. The highest BCUT2D eigenvalue weighted by Crippen LogP contribution is 2.40. The summed E-state index contributed by atoms with van der Waals surface area (Å²) in [4.78, 5) is 62.7. The first-order valence-corrected chi connectivity index (χ1v) is 26.4. The lowest BCUT2D eigenvalue weighted by atomic mass is 9.99. The van der Waals surface area contributed by atoms with E-state index in [0.29, 0.717) is 23.9 Å². The molecule has 3 aliphatic heterocycles. The van der Waals surface area contributed by atoms with Gasteiger partial charge in [-0.1, -0.05) is 61.8 Å². The number of nitrogens with one attached hydrogen (secondary N) is 2. The van der Waals surface area contributed by atoms with E-state index in [2.05, 4.69) is 49.1 Å². The van der Waals surface area contributed by atoms with Crippen molar-refractivity contribution in [3.63, 3.8) is 0 Å². The zero-order valence-electron chi connectivity index (χ0n) is 41.2. The number of benzene rings is 2. The van der Waals surface area contributed by atoms with Crippen LogP contribution in [0.5, 0.6) is 0 Å². The number of aryl methyl sites for hydroxylation is 3. The summed E-state index contributed by atoms with van der Waals surface area (Å²) in [7, 11) is 0. The molecule has 10 rings (SSSR count). The van der Waals surface area contributed by atoms with Gasteiger partial charge in [0.2, 0.25) is 17.7 Å². The molecular weight excluding hydrogens is 968 g/mol. The molecule has 0 bridgehead atoms. The van der Waals surface area contributed by atoms with Crippen LogP contribution in [-0.2, 0) is 14.4 Å². The number of hydrogen-bond acceptors (Lipinski definition) is 13. The van der Waals surface area contributed by atoms with Gasteiger partial charge < -0.3 is 25.5 Å². The van der Waals surface area contributed by atoms with E-state index in [4.69, 9.17) is 26.7 Å². The van der Waals surface area contributed by atoms with E-state index in [1.165, 1.54) is 9.78 Å². The first-order chi connectivity index (χ1) is 34.6. The van der Waals surface area contributed by atoms with Crippen LogP contribution in [0.2, 0.25) is 5.02 Å². The van der Waals surface area contributed by atoms with Gasteiger partial charge in [-0.25, -0.2) is 9.97 Å². The fourth-order valence-electron chi connectivity index (χ4n) is 10.2. The van der Waals surface area contributed by atoms with Crippen LogP contribution in [0.25, 0.3) is 26.6 Å². The molecule has 2 fully saturated rings. The maximum atomic E-state index is 14.5. The van der Waals surface area contributed by atoms with Crippen LogP contribution in [0.1, 0.15) is 103 Å². The van der Waals surface area contributed by atoms with Gasteiger partial charge in [-0.3, -0.25) is 28.6 Å². The second-order valence-electron chi connectivity index (χ2n) is 19.4. The Morgan fingerprint density at radius 1 is 0.917 bits per heavy atom. The summed E-state index contributed by atoms with van der Waals surface area (Å²) in [5.74, 6) is 1.22. The van der Waals surface area contributed by atoms with Crippen molar-refractivity contribution < 1.29 is 19.5 Å². The second kappa shape index (κ2) is 20.1. The van der Waals surface area contributed by atoms with Gasteiger partial charge in [-0.2, -0.15) is 5.10 Å². The molecule has 0 saturated carbocycles. The Hall–Kier alpha value is -6.60. The van der Waals surface area contributed by atoms with E-state index in [1.807, 2.05) is 107 Å². The Morgan fingerprint density at radius 2 is 1.68 bits per heavy atom. The van der Waals surface area contributed by atoms with Gasteiger partial charge in [0, 0.05) is 71.1 Å². The monoisotopic (exact) mass is 1020 g/mol. The fourth-order valence-corrected chi connectivity index (χ4v) is 12.3. The van der Waals surface area contributed by atoms with Crippen LogP contribution < -0.4 is 15.5 Å². The summed E-state index contributed by atoms with van der Waals surface area (Å²) in [6.07, 6.45) is 5.47. The molecule has 7 aromatic rings. The highest BCUT2D eigenvalue weighted by molar-refractivity contribution is 7.15. The number of aromatic nitrogens is 7. The average molecular weight is 1030 g/mol. The highest BCUT2D eigenvalue weighted by atomic mass is 35.5. The number of rotatable bonds is 13. The lowest BCUT2D eigenvalue weighted by molar-refractivity contribution is -0.142. The van der Waals surface area contributed by atoms with E-state index in [-0.39, 0.29) is 55.1 Å². The number of aliphatic hydroxyl groups excluding tert-OH is 1. The molecule has 16 nitrogen and oxygen atoms in total. The number of carbonyl (C=O) groups is 3. The molecular formula is C53H57ClN12O4S2. The molecule has 0 radical (unpaired) electrons. The molecule has 3 N–H and O–H groups in total. The molecule has 3 aliphatic rings. The smallest absolute Gasteiger partial charge is 0.248 e. The third-order valence-corrected chi connectivity index (χ3v) is 16.5. The van der Waals surface area contributed by atoms with E-state index in [0.717, 1.165) is 78.3 Å². The van der Waals surface area contributed by atoms with Crippen LogP contribution in [0.4, 0.5) is 5.82 Å². The molecule has 6 atom stereocenters. The number of thiophene rings is 1. The Labute approximate surface area is 431 Å². The minimum Gasteiger partial charge on any atom is -0.391 e. The number of anilines is 1. The molecule has 8 heterocycles. The van der Waals surface area contributed by atoms with Crippen molar-refractivity contribution in [3.8, 4) is 26.6 Å². The van der Waals surface area contributed by atoms with Gasteiger partial charge in [-0.05, 0) is 93.5 Å². The van der Waals surface area contributed by atoms with Crippen molar-refractivity contribution in [2.45, 2.75) is 104 Å². The number of pyridine rings is 1. The number of aliphatic hydroxyl groups is 1. The summed E-state index contributed by atoms with van der Waals surface area (Å²) < 4.78 is 3.72. The fraction of sp³-hybridized carbons (Fsp3) is 0.377. The molecule has 3 amide bonds. The number of amides is 3. The molecule has 19 heteroatoms. The number of likely N-dealkylation sites (tertiary alicyclic amines) is 1. The predicted octanol–water partition coefficient (Wildman–Crippen LogP) is 8.31. The van der Waals surface area contributed by atoms with Crippen molar-refractivity contribution in [1.82, 2.24) is 50.0 Å². The van der Waals surface area contributed by atoms with Crippen LogP contribution in [0.15, 0.2) is 89.8 Å². The minimum atomic E-state index is -0.838. The van der Waals surface area contributed by atoms with Crippen LogP contribution in [0, 0.1) is 33.6 Å². The summed E-state index contributed by atoms with van der Waals surface area (Å²) in [5, 5.41) is 32.6. The molecule has 72 heavy (non-hydrogen) atoms. The zero-order chi connectivity index (χ0) is 50.5. The van der Waals surface area contributed by atoms with Gasteiger partial charge in [0.1, 0.15) is 34.8 Å². The number of fused-ring (bicyclic) bond motifs is 3. The summed E-state index contributed by atoms with van der Waals surface area (Å²) >= 11 is 9.57. The topological polar surface area (TPSA) is 189 Å². The normalized spacial score (nSPS) is 19.4. The Bertz CT molecular complexity index is 3200. The van der Waals surface area contributed by atoms with Gasteiger partial charge in [0.25, 0.3) is 0 Å². The quantitative estimate of drug-likeness (QED) is 0.101. The third kappa shape index (κ3) is 9.60. The third-order valence-electron chi connectivity index (χ3n) is 14.1. The number of hydrogen-bond donors (Lipinski definition) is 3. The van der Waals surface area contributed by atoms with Gasteiger partial charge in [-0.15, -0.1) is 32.9 Å². The van der Waals surface area contributed by atoms with E-state index in [9.17, 15) is 19.5 Å². The summed E-state index contributed by atoms with van der Waals surface area (Å²) in [5.41, 5.74) is 10.3. The second-order valence-corrected chi connectivity index (χ2v) is 21.9. The molecule has 2 saturated heterocycles. The van der Waals surface area contributed by atoms with E-state index < -0.39 is 24.2 Å². The lowest BCUT2D eigenvalue weighted by Gasteiger charge is -2.30. The summed E-state index contributed by atoms with van der Waals surface area (Å²) in [6.45, 7) is 15.2. The maximum absolute atomic E-state index is 14.5. The molecule has 372 valence electrons. The molecule has 0 spiro atoms. The Kier molecular flexibility index (Phi) is 13.7. The van der Waals surface area contributed by atoms with Crippen molar-refractivity contribution in [2.24, 2.45) is 10.9 Å². The number of β-amino-alcohol motifs (C(OH)–C–C–N with tert-alkyl or cyclic N) is 1. The van der Waals surface area contributed by atoms with Crippen LogP contribution >= 0.6 is 34.3 Å². The zero-order valence-corrected chi connectivity index (χ0v) is 43.6. The van der Waals surface area contributed by atoms with Crippen molar-refractivity contribution in [2.75, 3.05) is 24.5 Å². The van der Waals surface area contributed by atoms with Gasteiger partial charge in [0.15, 0.2) is 5.82 Å². The first-order valence-electron chi connectivity index (χ1n) is 24.3. The molecule has 2 aromatic carbocycles. The molecule has 0 aliphatic carbocycles. The predicted molar refractivity (Wildman–Crippen MR) is 281 cm³/mol. The van der Waals surface area contributed by atoms with Crippen LogP contribution in [-0.4, -0.2) is 106 Å². The summed E-state index contributed by atoms with van der Waals surface area (Å²) in [6, 6.07) is 17.0. The minimum absolute atomic E-state index is 0.0501. The first kappa shape index (κ1) is 49.0. The largest absolute Gasteiger partial charge is 0.391 e. The Morgan fingerprint density at radius 3 is 2.42 bits per heavy atom. The van der Waals surface area contributed by atoms with Crippen molar-refractivity contribution in [3.05, 3.63) is 134 Å². The number of carbonyl (C=O) groups excluding carboxylic acids is 3. The standard InChI is InChI=1S/C53H57ClN12O4S2/c1-28(2)48(52(70)64-26-41(67)21-43(64)51(69)58-30(4)34-8-10-36(11-9-34)49-31(5)56-27-71-49)65-24-38(23-57-65)37-16-18-55-44(20-37)63-19-17-40(25-63)59-45(68)22-42-50-62-61-33(7)66(50)53-46(29(3)32(6)72-53)47(60-42)35-12-14-39(54)15-13-35/h8-16,18,20,23-24,27-28,30,40-43,48,67H,17,19,21-22,25-26H2,1-7H3,(H,58,69)(H,59,68)/t30-,40+,41+,42-,43-,48-/m0/s1. The van der Waals surface area contributed by atoms with Gasteiger partial charge in [0.05, 0.1) is 46.6 Å². The number of aliphatic imine (C=N–C) groups is 1. The van der Waals surface area contributed by atoms with E-state index >= 15 is 0 Å². The van der Waals surface area contributed by atoms with Crippen LogP contribution in [0.3, 0.4) is 0 Å². The van der Waals surface area contributed by atoms with Crippen molar-refractivity contribution >= 4 is 63.5 Å². The van der Waals surface area contributed by atoms with E-state index in [1.54, 1.807) is 39.7 Å². The van der Waals surface area contributed by atoms with Crippen molar-refractivity contribution in [1.29, 1.82) is 0 Å². The lowest BCUT2D eigenvalue weighted by Crippen LogP contribution is -2.49. The number of thiazole rings is 1. The van der Waals surface area contributed by atoms with Gasteiger partial charge >= 0.3 is 0 Å². The molecule has 0 unspecified atom stereocenters. The SMILES string of the molecule is Cc1ncsc1-c1ccc([C@H](C)NC(=O)[C@@H]2C[C@@H](O)CN2C(=O)[C@H](C(C)C)n2cc(-c3ccnc(N4CC[C@@H](NC(=O)C[C@@H]5N=C(c6ccc(Cl)cc6)c6c(sc(C)c6C)-n6c(C)nnc65)C4)c3)cn2)cc1. The number of halogens is 1.